The summed E-state index contributed by atoms with van der Waals surface area (Å²) < 4.78 is 5.69. The minimum absolute atomic E-state index is 0.289. The first-order valence-electron chi connectivity index (χ1n) is 6.23. The number of hydrogen-bond acceptors (Lipinski definition) is 3. The van der Waals surface area contributed by atoms with E-state index in [1.807, 2.05) is 6.07 Å². The van der Waals surface area contributed by atoms with Gasteiger partial charge in [0.2, 0.25) is 5.88 Å². The molecule has 5 heteroatoms. The summed E-state index contributed by atoms with van der Waals surface area (Å²) in [5.74, 6) is 0.693. The van der Waals surface area contributed by atoms with Gasteiger partial charge in [0, 0.05) is 16.8 Å². The molecule has 0 spiro atoms. The SMILES string of the molecule is N#Cc1cc2c(nc1Oc1cc(Cl)ccc1Cl)CCC2. The summed E-state index contributed by atoms with van der Waals surface area (Å²) in [6.45, 7) is 0. The van der Waals surface area contributed by atoms with Gasteiger partial charge in [0.1, 0.15) is 17.4 Å². The number of rotatable bonds is 2. The third-order valence-electron chi connectivity index (χ3n) is 3.24. The summed E-state index contributed by atoms with van der Waals surface area (Å²) >= 11 is 12.0. The fourth-order valence-corrected chi connectivity index (χ4v) is 2.59. The van der Waals surface area contributed by atoms with Gasteiger partial charge in [0.15, 0.2) is 0 Å². The standard InChI is InChI=1S/C15H10Cl2N2O/c16-11-4-5-12(17)14(7-11)20-15-10(8-18)6-9-2-1-3-13(9)19-15/h4-7H,1-3H2. The molecule has 1 aliphatic carbocycles. The van der Waals surface area contributed by atoms with Crippen molar-refractivity contribution in [3.05, 3.63) is 51.1 Å². The van der Waals surface area contributed by atoms with Gasteiger partial charge in [0.05, 0.1) is 5.02 Å². The zero-order chi connectivity index (χ0) is 14.1. The van der Waals surface area contributed by atoms with E-state index in [0.29, 0.717) is 21.4 Å². The van der Waals surface area contributed by atoms with Crippen molar-refractivity contribution in [1.29, 1.82) is 5.26 Å². The molecule has 0 unspecified atom stereocenters. The van der Waals surface area contributed by atoms with Crippen LogP contribution in [0.5, 0.6) is 11.6 Å². The van der Waals surface area contributed by atoms with Gasteiger partial charge in [-0.2, -0.15) is 5.26 Å². The minimum atomic E-state index is 0.289. The summed E-state index contributed by atoms with van der Waals surface area (Å²) in [6.07, 6.45) is 2.95. The molecular weight excluding hydrogens is 295 g/mol. The maximum Gasteiger partial charge on any atom is 0.237 e. The zero-order valence-electron chi connectivity index (χ0n) is 10.5. The van der Waals surface area contributed by atoms with E-state index in [0.717, 1.165) is 30.5 Å². The zero-order valence-corrected chi connectivity index (χ0v) is 12.0. The van der Waals surface area contributed by atoms with Crippen LogP contribution in [-0.4, -0.2) is 4.98 Å². The first-order valence-corrected chi connectivity index (χ1v) is 6.99. The molecule has 3 rings (SSSR count). The average Bonchev–Trinajstić information content (AvgIpc) is 2.89. The second-order valence-electron chi connectivity index (χ2n) is 4.59. The highest BCUT2D eigenvalue weighted by Crippen LogP contribution is 2.34. The first kappa shape index (κ1) is 13.2. The molecule has 0 fully saturated rings. The summed E-state index contributed by atoms with van der Waals surface area (Å²) in [5, 5.41) is 10.2. The lowest BCUT2D eigenvalue weighted by atomic mass is 10.1. The Hall–Kier alpha value is -1.76. The Morgan fingerprint density at radius 1 is 1.20 bits per heavy atom. The summed E-state index contributed by atoms with van der Waals surface area (Å²) in [4.78, 5) is 4.44. The van der Waals surface area contributed by atoms with E-state index in [4.69, 9.17) is 27.9 Å². The molecule has 0 aliphatic heterocycles. The molecule has 0 radical (unpaired) electrons. The molecule has 1 heterocycles. The molecule has 100 valence electrons. The number of aromatic nitrogens is 1. The second-order valence-corrected chi connectivity index (χ2v) is 5.43. The van der Waals surface area contributed by atoms with Gasteiger partial charge in [-0.1, -0.05) is 23.2 Å². The maximum absolute atomic E-state index is 9.22. The van der Waals surface area contributed by atoms with E-state index in [-0.39, 0.29) is 5.88 Å². The normalized spacial score (nSPS) is 12.8. The third-order valence-corrected chi connectivity index (χ3v) is 3.78. The van der Waals surface area contributed by atoms with Crippen LogP contribution < -0.4 is 4.74 Å². The van der Waals surface area contributed by atoms with Crippen LogP contribution in [0.15, 0.2) is 24.3 Å². The fraction of sp³-hybridized carbons (Fsp3) is 0.200. The Balaban J connectivity index is 2.02. The fourth-order valence-electron chi connectivity index (χ4n) is 2.27. The van der Waals surface area contributed by atoms with Crippen molar-refractivity contribution in [2.75, 3.05) is 0 Å². The molecule has 1 aromatic carbocycles. The summed E-state index contributed by atoms with van der Waals surface area (Å²) in [5.41, 5.74) is 2.55. The van der Waals surface area contributed by atoms with Crippen molar-refractivity contribution < 1.29 is 4.74 Å². The van der Waals surface area contributed by atoms with Gasteiger partial charge in [-0.15, -0.1) is 0 Å². The lowest BCUT2D eigenvalue weighted by molar-refractivity contribution is 0.459. The molecule has 0 saturated carbocycles. The molecule has 1 aromatic heterocycles. The van der Waals surface area contributed by atoms with Gasteiger partial charge in [-0.25, -0.2) is 4.98 Å². The molecule has 2 aromatic rings. The molecular formula is C15H10Cl2N2O. The van der Waals surface area contributed by atoms with Crippen LogP contribution in [0.2, 0.25) is 10.0 Å². The van der Waals surface area contributed by atoms with Crippen LogP contribution >= 0.6 is 23.2 Å². The van der Waals surface area contributed by atoms with E-state index < -0.39 is 0 Å². The highest BCUT2D eigenvalue weighted by Gasteiger charge is 2.18. The van der Waals surface area contributed by atoms with Gasteiger partial charge in [-0.05, 0) is 43.0 Å². The number of ether oxygens (including phenoxy) is 1. The van der Waals surface area contributed by atoms with Crippen molar-refractivity contribution in [1.82, 2.24) is 4.98 Å². The van der Waals surface area contributed by atoms with E-state index in [9.17, 15) is 5.26 Å². The highest BCUT2D eigenvalue weighted by atomic mass is 35.5. The Bertz CT molecular complexity index is 723. The van der Waals surface area contributed by atoms with Crippen molar-refractivity contribution in [3.63, 3.8) is 0 Å². The van der Waals surface area contributed by atoms with E-state index in [1.54, 1.807) is 18.2 Å². The molecule has 3 nitrogen and oxygen atoms in total. The molecule has 0 N–H and O–H groups in total. The van der Waals surface area contributed by atoms with Crippen molar-refractivity contribution >= 4 is 23.2 Å². The van der Waals surface area contributed by atoms with Crippen LogP contribution in [0.3, 0.4) is 0 Å². The minimum Gasteiger partial charge on any atom is -0.436 e. The number of pyridine rings is 1. The maximum atomic E-state index is 9.22. The summed E-state index contributed by atoms with van der Waals surface area (Å²) in [7, 11) is 0. The largest absolute Gasteiger partial charge is 0.436 e. The number of halogens is 2. The Kier molecular flexibility index (Phi) is 3.52. The van der Waals surface area contributed by atoms with Crippen LogP contribution in [-0.2, 0) is 12.8 Å². The number of benzene rings is 1. The van der Waals surface area contributed by atoms with Crippen molar-refractivity contribution in [3.8, 4) is 17.7 Å². The van der Waals surface area contributed by atoms with E-state index >= 15 is 0 Å². The average molecular weight is 305 g/mol. The van der Waals surface area contributed by atoms with Gasteiger partial charge in [0.25, 0.3) is 0 Å². The molecule has 1 aliphatic rings. The van der Waals surface area contributed by atoms with Crippen LogP contribution in [0, 0.1) is 11.3 Å². The molecule has 0 saturated heterocycles. The van der Waals surface area contributed by atoms with Gasteiger partial charge < -0.3 is 4.74 Å². The monoisotopic (exact) mass is 304 g/mol. The van der Waals surface area contributed by atoms with Crippen molar-refractivity contribution in [2.45, 2.75) is 19.3 Å². The third kappa shape index (κ3) is 2.45. The van der Waals surface area contributed by atoms with Crippen LogP contribution in [0.4, 0.5) is 0 Å². The first-order chi connectivity index (χ1) is 9.67. The predicted molar refractivity (Wildman–Crippen MR) is 77.5 cm³/mol. The number of nitrogens with zero attached hydrogens (tertiary/aromatic N) is 2. The summed E-state index contributed by atoms with van der Waals surface area (Å²) in [6, 6.07) is 8.91. The quantitative estimate of drug-likeness (QED) is 0.818. The topological polar surface area (TPSA) is 45.9 Å². The smallest absolute Gasteiger partial charge is 0.237 e. The van der Waals surface area contributed by atoms with Crippen molar-refractivity contribution in [2.24, 2.45) is 0 Å². The number of nitriles is 1. The van der Waals surface area contributed by atoms with Crippen LogP contribution in [0.25, 0.3) is 0 Å². The molecule has 20 heavy (non-hydrogen) atoms. The number of fused-ring (bicyclic) bond motifs is 1. The van der Waals surface area contributed by atoms with E-state index in [1.165, 1.54) is 0 Å². The molecule has 0 amide bonds. The lowest BCUT2D eigenvalue weighted by Crippen LogP contribution is -1.97. The lowest BCUT2D eigenvalue weighted by Gasteiger charge is -2.10. The predicted octanol–water partition coefficient (Wildman–Crippen LogP) is 4.54. The molecule has 0 atom stereocenters. The Labute approximate surface area is 126 Å². The second kappa shape index (κ2) is 5.32. The Morgan fingerprint density at radius 3 is 2.85 bits per heavy atom. The Morgan fingerprint density at radius 2 is 2.05 bits per heavy atom. The number of hydrogen-bond donors (Lipinski definition) is 0. The molecule has 0 bridgehead atoms. The van der Waals surface area contributed by atoms with Crippen LogP contribution in [0.1, 0.15) is 23.2 Å². The van der Waals surface area contributed by atoms with Gasteiger partial charge in [-0.3, -0.25) is 0 Å². The number of aryl methyl sites for hydroxylation is 2. The van der Waals surface area contributed by atoms with E-state index in [2.05, 4.69) is 11.1 Å². The highest BCUT2D eigenvalue weighted by molar-refractivity contribution is 6.34. The van der Waals surface area contributed by atoms with Gasteiger partial charge >= 0.3 is 0 Å².